The Morgan fingerprint density at radius 1 is 1.35 bits per heavy atom. The number of alkyl halides is 1. The van der Waals surface area contributed by atoms with E-state index in [4.69, 9.17) is 11.6 Å². The lowest BCUT2D eigenvalue weighted by molar-refractivity contribution is -0.140. The van der Waals surface area contributed by atoms with Crippen LogP contribution in [0.2, 0.25) is 0 Å². The molecular weight excluding hydrogens is 242 g/mol. The van der Waals surface area contributed by atoms with E-state index in [0.717, 1.165) is 0 Å². The van der Waals surface area contributed by atoms with E-state index in [0.29, 0.717) is 6.42 Å². The fraction of sp³-hybridized carbons (Fsp3) is 0.833. The van der Waals surface area contributed by atoms with E-state index in [2.05, 4.69) is 30.8 Å². The Labute approximate surface area is 108 Å². The van der Waals surface area contributed by atoms with Crippen LogP contribution in [0, 0.1) is 11.3 Å². The first-order chi connectivity index (χ1) is 7.68. The van der Waals surface area contributed by atoms with Gasteiger partial charge in [0.1, 0.15) is 5.38 Å². The van der Waals surface area contributed by atoms with Crippen LogP contribution in [0.5, 0.6) is 0 Å². The molecule has 2 atom stereocenters. The van der Waals surface area contributed by atoms with Gasteiger partial charge in [0.2, 0.25) is 5.91 Å². The van der Waals surface area contributed by atoms with Crippen molar-refractivity contribution in [2.45, 2.75) is 39.5 Å². The van der Waals surface area contributed by atoms with Crippen LogP contribution < -0.4 is 5.32 Å². The van der Waals surface area contributed by atoms with Gasteiger partial charge in [-0.15, -0.1) is 11.6 Å². The fourth-order valence-electron chi connectivity index (χ4n) is 1.07. The fourth-order valence-corrected chi connectivity index (χ4v) is 1.24. The molecule has 0 radical (unpaired) electrons. The van der Waals surface area contributed by atoms with Gasteiger partial charge in [0.15, 0.2) is 0 Å². The zero-order chi connectivity index (χ0) is 13.6. The minimum Gasteiger partial charge on any atom is -0.468 e. The standard InChI is InChI=1S/C12H22ClNO3/c1-8(12(2,3)4)6-10(15)14-7-9(13)11(16)17-5/h8-9H,6-7H2,1-5H3,(H,14,15). The van der Waals surface area contributed by atoms with E-state index in [-0.39, 0.29) is 23.8 Å². The van der Waals surface area contributed by atoms with Crippen LogP contribution in [-0.2, 0) is 14.3 Å². The minimum atomic E-state index is -0.825. The number of nitrogens with one attached hydrogen (secondary N) is 1. The van der Waals surface area contributed by atoms with Gasteiger partial charge in [-0.1, -0.05) is 27.7 Å². The van der Waals surface area contributed by atoms with Crippen molar-refractivity contribution < 1.29 is 14.3 Å². The zero-order valence-electron chi connectivity index (χ0n) is 11.2. The van der Waals surface area contributed by atoms with Crippen LogP contribution in [0.25, 0.3) is 0 Å². The van der Waals surface area contributed by atoms with Crippen LogP contribution in [0.3, 0.4) is 0 Å². The Morgan fingerprint density at radius 3 is 2.29 bits per heavy atom. The average molecular weight is 264 g/mol. The Hall–Kier alpha value is -0.770. The Morgan fingerprint density at radius 2 is 1.88 bits per heavy atom. The highest BCUT2D eigenvalue weighted by atomic mass is 35.5. The molecule has 0 aromatic carbocycles. The quantitative estimate of drug-likeness (QED) is 0.609. The van der Waals surface area contributed by atoms with Crippen molar-refractivity contribution in [1.29, 1.82) is 0 Å². The van der Waals surface area contributed by atoms with Gasteiger partial charge < -0.3 is 10.1 Å². The molecule has 0 saturated carbocycles. The summed E-state index contributed by atoms with van der Waals surface area (Å²) in [6.07, 6.45) is 0.425. The number of amides is 1. The molecule has 17 heavy (non-hydrogen) atoms. The summed E-state index contributed by atoms with van der Waals surface area (Å²) in [7, 11) is 1.27. The van der Waals surface area contributed by atoms with Crippen LogP contribution >= 0.6 is 11.6 Å². The van der Waals surface area contributed by atoms with Gasteiger partial charge in [-0.05, 0) is 11.3 Å². The van der Waals surface area contributed by atoms with Crippen molar-refractivity contribution in [3.05, 3.63) is 0 Å². The van der Waals surface area contributed by atoms with Gasteiger partial charge in [-0.2, -0.15) is 0 Å². The molecule has 4 nitrogen and oxygen atoms in total. The third kappa shape index (κ3) is 6.51. The molecule has 0 heterocycles. The Bertz CT molecular complexity index is 273. The Balaban J connectivity index is 4.00. The predicted octanol–water partition coefficient (Wildman–Crippen LogP) is 1.96. The number of esters is 1. The number of carbonyl (C=O) groups excluding carboxylic acids is 2. The molecule has 0 aliphatic heterocycles. The molecule has 0 aliphatic rings. The number of hydrogen-bond donors (Lipinski definition) is 1. The molecule has 1 N–H and O–H groups in total. The van der Waals surface area contributed by atoms with Gasteiger partial charge in [0.05, 0.1) is 7.11 Å². The van der Waals surface area contributed by atoms with Gasteiger partial charge in [-0.3, -0.25) is 9.59 Å². The van der Waals surface area contributed by atoms with Crippen LogP contribution in [0.1, 0.15) is 34.1 Å². The van der Waals surface area contributed by atoms with E-state index in [1.807, 2.05) is 6.92 Å². The van der Waals surface area contributed by atoms with E-state index < -0.39 is 11.3 Å². The lowest BCUT2D eigenvalue weighted by atomic mass is 9.80. The second kappa shape index (κ2) is 6.84. The van der Waals surface area contributed by atoms with E-state index in [1.165, 1.54) is 7.11 Å². The van der Waals surface area contributed by atoms with Gasteiger partial charge in [0, 0.05) is 13.0 Å². The second-order valence-corrected chi connectivity index (χ2v) is 5.79. The Kier molecular flexibility index (Phi) is 6.53. The molecule has 0 aromatic rings. The van der Waals surface area contributed by atoms with Crippen molar-refractivity contribution in [3.63, 3.8) is 0 Å². The SMILES string of the molecule is COC(=O)C(Cl)CNC(=O)CC(C)C(C)(C)C. The topological polar surface area (TPSA) is 55.4 Å². The summed E-state index contributed by atoms with van der Waals surface area (Å²) >= 11 is 5.71. The van der Waals surface area contributed by atoms with Gasteiger partial charge in [-0.25, -0.2) is 0 Å². The molecule has 5 heteroatoms. The van der Waals surface area contributed by atoms with Crippen molar-refractivity contribution in [1.82, 2.24) is 5.32 Å². The van der Waals surface area contributed by atoms with Crippen LogP contribution in [-0.4, -0.2) is 30.9 Å². The maximum atomic E-state index is 11.6. The lowest BCUT2D eigenvalue weighted by Crippen LogP contribution is -2.36. The zero-order valence-corrected chi connectivity index (χ0v) is 11.9. The maximum Gasteiger partial charge on any atom is 0.325 e. The number of hydrogen-bond acceptors (Lipinski definition) is 3. The molecule has 2 unspecified atom stereocenters. The summed E-state index contributed by atoms with van der Waals surface area (Å²) in [6, 6.07) is 0. The average Bonchev–Trinajstić information content (AvgIpc) is 2.23. The summed E-state index contributed by atoms with van der Waals surface area (Å²) in [4.78, 5) is 22.6. The molecule has 0 fully saturated rings. The smallest absolute Gasteiger partial charge is 0.325 e. The molecule has 0 saturated heterocycles. The first-order valence-electron chi connectivity index (χ1n) is 5.67. The number of rotatable bonds is 5. The van der Waals surface area contributed by atoms with E-state index in [1.54, 1.807) is 0 Å². The summed E-state index contributed by atoms with van der Waals surface area (Å²) in [5.74, 6) is -0.368. The third-order valence-corrected chi connectivity index (χ3v) is 3.24. The molecule has 0 bridgehead atoms. The van der Waals surface area contributed by atoms with Crippen LogP contribution in [0.15, 0.2) is 0 Å². The summed E-state index contributed by atoms with van der Waals surface area (Å²) in [5.41, 5.74) is 0.0834. The highest BCUT2D eigenvalue weighted by molar-refractivity contribution is 6.30. The van der Waals surface area contributed by atoms with Crippen molar-refractivity contribution >= 4 is 23.5 Å². The highest BCUT2D eigenvalue weighted by Gasteiger charge is 2.23. The lowest BCUT2D eigenvalue weighted by Gasteiger charge is -2.26. The monoisotopic (exact) mass is 263 g/mol. The van der Waals surface area contributed by atoms with Crippen molar-refractivity contribution in [2.75, 3.05) is 13.7 Å². The molecule has 0 spiro atoms. The third-order valence-electron chi connectivity index (χ3n) is 2.91. The second-order valence-electron chi connectivity index (χ2n) is 5.27. The maximum absolute atomic E-state index is 11.6. The largest absolute Gasteiger partial charge is 0.468 e. The normalized spacial score (nSPS) is 14.9. The first-order valence-corrected chi connectivity index (χ1v) is 6.10. The van der Waals surface area contributed by atoms with Gasteiger partial charge in [0.25, 0.3) is 0 Å². The number of ether oxygens (including phenoxy) is 1. The minimum absolute atomic E-state index is 0.0834. The predicted molar refractivity (Wildman–Crippen MR) is 67.9 cm³/mol. The summed E-state index contributed by atoms with van der Waals surface area (Å²) in [6.45, 7) is 8.39. The molecule has 0 rings (SSSR count). The van der Waals surface area contributed by atoms with Crippen molar-refractivity contribution in [2.24, 2.45) is 11.3 Å². The van der Waals surface area contributed by atoms with Crippen molar-refractivity contribution in [3.8, 4) is 0 Å². The number of methoxy groups -OCH3 is 1. The molecular formula is C12H22ClNO3. The van der Waals surface area contributed by atoms with E-state index >= 15 is 0 Å². The van der Waals surface area contributed by atoms with Crippen LogP contribution in [0.4, 0.5) is 0 Å². The number of halogens is 1. The molecule has 0 aliphatic carbocycles. The summed E-state index contributed by atoms with van der Waals surface area (Å²) < 4.78 is 4.46. The number of carbonyl (C=O) groups is 2. The summed E-state index contributed by atoms with van der Waals surface area (Å²) in [5, 5.41) is 1.80. The molecule has 1 amide bonds. The highest BCUT2D eigenvalue weighted by Crippen LogP contribution is 2.27. The molecule has 0 aromatic heterocycles. The van der Waals surface area contributed by atoms with E-state index in [9.17, 15) is 9.59 Å². The first kappa shape index (κ1) is 16.2. The van der Waals surface area contributed by atoms with Gasteiger partial charge >= 0.3 is 5.97 Å². The molecule has 100 valence electrons.